The number of hydrogen-bond donors (Lipinski definition) is 1. The van der Waals surface area contributed by atoms with Crippen LogP contribution in [0.15, 0.2) is 61.5 Å². The van der Waals surface area contributed by atoms with Gasteiger partial charge in [0.2, 0.25) is 11.9 Å². The number of likely N-dealkylation sites (tertiary alicyclic amines) is 1. The van der Waals surface area contributed by atoms with E-state index < -0.39 is 0 Å². The highest BCUT2D eigenvalue weighted by Crippen LogP contribution is 2.28. The third kappa shape index (κ3) is 4.53. The highest BCUT2D eigenvalue weighted by Gasteiger charge is 2.26. The van der Waals surface area contributed by atoms with Crippen molar-refractivity contribution < 1.29 is 11.0 Å². The number of nitrogens with one attached hydrogen (secondary N) is 1. The second-order valence-electron chi connectivity index (χ2n) is 9.23. The summed E-state index contributed by atoms with van der Waals surface area (Å²) in [6.07, 6.45) is 11.4. The van der Waals surface area contributed by atoms with Crippen LogP contribution < -0.4 is 4.90 Å². The van der Waals surface area contributed by atoms with Crippen molar-refractivity contribution in [1.82, 2.24) is 29.4 Å². The largest absolute Gasteiger partial charge is 0.378 e. The van der Waals surface area contributed by atoms with Crippen LogP contribution in [0.4, 0.5) is 5.95 Å². The minimum absolute atomic E-state index is 0. The van der Waals surface area contributed by atoms with E-state index in [1.807, 2.05) is 59.8 Å². The Labute approximate surface area is 216 Å². The molecule has 2 saturated heterocycles. The average molecular weight is 498 g/mol. The van der Waals surface area contributed by atoms with E-state index >= 15 is 0 Å². The van der Waals surface area contributed by atoms with Gasteiger partial charge in [-0.05, 0) is 36.6 Å². The van der Waals surface area contributed by atoms with Crippen LogP contribution in [-0.4, -0.2) is 74.7 Å². The molecule has 0 radical (unpaired) electrons. The molecule has 2 aliphatic rings. The predicted octanol–water partition coefficient (Wildman–Crippen LogP) is 4.33. The Kier molecular flexibility index (Phi) is 6.28. The third-order valence-electron chi connectivity index (χ3n) is 6.84. The molecule has 190 valence electrons. The molecule has 0 bridgehead atoms. The average Bonchev–Trinajstić information content (AvgIpc) is 3.72. The van der Waals surface area contributed by atoms with E-state index in [0.717, 1.165) is 48.0 Å². The number of carbonyl (C=O) groups excluding carboxylic acids is 1. The number of morpholine rings is 1. The number of allylic oxidation sites excluding steroid dienone is 2. The highest BCUT2D eigenvalue weighted by atomic mass is 16.5. The molecule has 2 fully saturated rings. The van der Waals surface area contributed by atoms with Gasteiger partial charge in [-0.1, -0.05) is 36.9 Å². The van der Waals surface area contributed by atoms with E-state index in [1.54, 1.807) is 10.6 Å². The van der Waals surface area contributed by atoms with E-state index in [2.05, 4.69) is 16.5 Å². The van der Waals surface area contributed by atoms with Crippen molar-refractivity contribution in [3.63, 3.8) is 0 Å². The molecule has 0 spiro atoms. The molecular weight excluding hydrogens is 466 g/mol. The lowest BCUT2D eigenvalue weighted by molar-refractivity contribution is 0.0784. The van der Waals surface area contributed by atoms with Crippen molar-refractivity contribution in [3.8, 4) is 17.3 Å². The summed E-state index contributed by atoms with van der Waals surface area (Å²) in [5.74, 6) is 1.54. The standard InChI is InChI=1S/C28H29N7O2.H2/c1-2-3-7-20-18-24(26(36)33-12-4-5-13-33)35(19-20)28-31-25(22-8-6-9-23-21(22)10-11-29-23)30-27(32-28)34-14-16-37-17-15-34;/h2-3,6-11,18-19,29H,1,4-5,12-17H2;1H/b7-3-;. The number of fused-ring (bicyclic) bond motifs is 1. The second kappa shape index (κ2) is 10.0. The van der Waals surface area contributed by atoms with Gasteiger partial charge >= 0.3 is 0 Å². The Hall–Kier alpha value is -4.24. The van der Waals surface area contributed by atoms with Crippen molar-refractivity contribution in [1.29, 1.82) is 0 Å². The molecule has 3 aromatic heterocycles. The molecule has 0 atom stereocenters. The second-order valence-corrected chi connectivity index (χ2v) is 9.23. The molecule has 2 aliphatic heterocycles. The fraction of sp³-hybridized carbons (Fsp3) is 0.286. The van der Waals surface area contributed by atoms with E-state index in [0.29, 0.717) is 49.7 Å². The number of benzene rings is 1. The number of carbonyl (C=O) groups is 1. The van der Waals surface area contributed by atoms with Crippen LogP contribution in [0.25, 0.3) is 34.3 Å². The van der Waals surface area contributed by atoms with Crippen LogP contribution in [0.5, 0.6) is 0 Å². The normalized spacial score (nSPS) is 16.2. The van der Waals surface area contributed by atoms with Crippen molar-refractivity contribution in [2.45, 2.75) is 12.8 Å². The maximum Gasteiger partial charge on any atom is 0.270 e. The molecule has 1 N–H and O–H groups in total. The van der Waals surface area contributed by atoms with Crippen LogP contribution in [0, 0.1) is 0 Å². The van der Waals surface area contributed by atoms with Gasteiger partial charge in [-0.15, -0.1) is 0 Å². The predicted molar refractivity (Wildman–Crippen MR) is 146 cm³/mol. The Morgan fingerprint density at radius 1 is 1.05 bits per heavy atom. The van der Waals surface area contributed by atoms with Gasteiger partial charge in [-0.3, -0.25) is 9.36 Å². The van der Waals surface area contributed by atoms with Crippen LogP contribution in [0.1, 0.15) is 30.3 Å². The first-order valence-corrected chi connectivity index (χ1v) is 12.7. The summed E-state index contributed by atoms with van der Waals surface area (Å²) in [5.41, 5.74) is 3.33. The van der Waals surface area contributed by atoms with E-state index in [1.165, 1.54) is 0 Å². The Morgan fingerprint density at radius 3 is 2.68 bits per heavy atom. The topological polar surface area (TPSA) is 92.2 Å². The van der Waals surface area contributed by atoms with Crippen LogP contribution >= 0.6 is 0 Å². The van der Waals surface area contributed by atoms with Gasteiger partial charge < -0.3 is 19.5 Å². The quantitative estimate of drug-likeness (QED) is 0.399. The van der Waals surface area contributed by atoms with Gasteiger partial charge in [0.05, 0.1) is 13.2 Å². The first kappa shape index (κ1) is 23.2. The molecule has 6 rings (SSSR count). The summed E-state index contributed by atoms with van der Waals surface area (Å²) < 4.78 is 7.36. The van der Waals surface area contributed by atoms with Gasteiger partial charge in [0.15, 0.2) is 5.82 Å². The highest BCUT2D eigenvalue weighted by molar-refractivity contribution is 5.95. The summed E-state index contributed by atoms with van der Waals surface area (Å²) in [6.45, 7) is 7.90. The molecule has 9 nitrogen and oxygen atoms in total. The summed E-state index contributed by atoms with van der Waals surface area (Å²) in [4.78, 5) is 35.5. The lowest BCUT2D eigenvalue weighted by atomic mass is 10.1. The number of ether oxygens (including phenoxy) is 1. The number of H-pyrrole nitrogens is 1. The minimum Gasteiger partial charge on any atom is -0.378 e. The SMILES string of the molecule is C=C/C=C\c1cc(C(=O)N2CCCC2)n(-c2nc(-c3cccc4[nH]ccc34)nc(N3CCOCC3)n2)c1.[HH]. The van der Waals surface area contributed by atoms with Crippen LogP contribution in [0.2, 0.25) is 0 Å². The van der Waals surface area contributed by atoms with Gasteiger partial charge in [0, 0.05) is 56.5 Å². The first-order valence-electron chi connectivity index (χ1n) is 12.7. The monoisotopic (exact) mass is 497 g/mol. The van der Waals surface area contributed by atoms with Crippen molar-refractivity contribution >= 4 is 28.8 Å². The number of rotatable bonds is 6. The number of anilines is 1. The van der Waals surface area contributed by atoms with Gasteiger partial charge in [0.1, 0.15) is 5.69 Å². The fourth-order valence-electron chi connectivity index (χ4n) is 4.93. The van der Waals surface area contributed by atoms with Gasteiger partial charge in [-0.25, -0.2) is 0 Å². The van der Waals surface area contributed by atoms with Crippen LogP contribution in [0.3, 0.4) is 0 Å². The van der Waals surface area contributed by atoms with Crippen molar-refractivity contribution in [2.24, 2.45) is 0 Å². The molecule has 1 amide bonds. The first-order chi connectivity index (χ1) is 18.2. The molecule has 0 aliphatic carbocycles. The number of aromatic amines is 1. The lowest BCUT2D eigenvalue weighted by Gasteiger charge is -2.27. The zero-order valence-corrected chi connectivity index (χ0v) is 20.6. The summed E-state index contributed by atoms with van der Waals surface area (Å²) in [5, 5.41) is 1.03. The zero-order chi connectivity index (χ0) is 25.2. The Morgan fingerprint density at radius 2 is 1.86 bits per heavy atom. The number of nitrogens with zero attached hydrogens (tertiary/aromatic N) is 6. The smallest absolute Gasteiger partial charge is 0.270 e. The molecule has 37 heavy (non-hydrogen) atoms. The molecular formula is C28H31N7O2. The summed E-state index contributed by atoms with van der Waals surface area (Å²) in [6, 6.07) is 9.95. The number of amides is 1. The molecule has 9 heteroatoms. The number of aromatic nitrogens is 5. The van der Waals surface area contributed by atoms with Crippen molar-refractivity contribution in [2.75, 3.05) is 44.3 Å². The Balaban J connectivity index is 0.00000294. The van der Waals surface area contributed by atoms with E-state index in [-0.39, 0.29) is 7.33 Å². The zero-order valence-electron chi connectivity index (χ0n) is 20.6. The maximum atomic E-state index is 13.6. The van der Waals surface area contributed by atoms with Crippen molar-refractivity contribution in [3.05, 3.63) is 72.7 Å². The fourth-order valence-corrected chi connectivity index (χ4v) is 4.93. The molecule has 5 heterocycles. The molecule has 0 unspecified atom stereocenters. The molecule has 1 aromatic carbocycles. The summed E-state index contributed by atoms with van der Waals surface area (Å²) >= 11 is 0. The van der Waals surface area contributed by atoms with Gasteiger partial charge in [-0.2, -0.15) is 15.0 Å². The number of hydrogen-bond acceptors (Lipinski definition) is 6. The lowest BCUT2D eigenvalue weighted by Crippen LogP contribution is -2.37. The minimum atomic E-state index is -0.0154. The third-order valence-corrected chi connectivity index (χ3v) is 6.84. The summed E-state index contributed by atoms with van der Waals surface area (Å²) in [7, 11) is 0. The van der Waals surface area contributed by atoms with Gasteiger partial charge in [0.25, 0.3) is 5.91 Å². The van der Waals surface area contributed by atoms with E-state index in [4.69, 9.17) is 19.7 Å². The molecule has 4 aromatic rings. The molecule has 0 saturated carbocycles. The van der Waals surface area contributed by atoms with E-state index in [9.17, 15) is 4.79 Å². The Bertz CT molecular complexity index is 1480. The maximum absolute atomic E-state index is 13.6. The van der Waals surface area contributed by atoms with Crippen LogP contribution in [-0.2, 0) is 4.74 Å².